The van der Waals surface area contributed by atoms with Gasteiger partial charge in [0.25, 0.3) is 0 Å². The van der Waals surface area contributed by atoms with Crippen LogP contribution in [0.5, 0.6) is 0 Å². The highest BCUT2D eigenvalue weighted by molar-refractivity contribution is 8.14. The maximum absolute atomic E-state index is 11.7. The average molecular weight is 216 g/mol. The van der Waals surface area contributed by atoms with E-state index in [9.17, 15) is 9.59 Å². The van der Waals surface area contributed by atoms with Gasteiger partial charge in [-0.3, -0.25) is 9.59 Å². The van der Waals surface area contributed by atoms with Crippen LogP contribution in [0.1, 0.15) is 34.6 Å². The SMILES string of the molecule is CC(C)(C)SC(=O)[C@@H]1C(=O)OC1(C)C. The zero-order chi connectivity index (χ0) is 11.1. The third kappa shape index (κ3) is 2.29. The molecule has 0 aliphatic carbocycles. The standard InChI is InChI=1S/C10H16O3S/c1-9(2,3)14-8(12)6-7(11)13-10(6,4)5/h6H,1-5H3/t6-/m0/s1. The average Bonchev–Trinajstić information content (AvgIpc) is 1.77. The summed E-state index contributed by atoms with van der Waals surface area (Å²) >= 11 is 1.21. The number of hydrogen-bond acceptors (Lipinski definition) is 4. The first kappa shape index (κ1) is 11.6. The Morgan fingerprint density at radius 3 is 2.21 bits per heavy atom. The normalized spacial score (nSPS) is 25.2. The maximum atomic E-state index is 11.7. The van der Waals surface area contributed by atoms with Crippen molar-refractivity contribution in [1.82, 2.24) is 0 Å². The first-order valence-electron chi connectivity index (χ1n) is 4.59. The fourth-order valence-electron chi connectivity index (χ4n) is 1.34. The topological polar surface area (TPSA) is 43.4 Å². The van der Waals surface area contributed by atoms with Crippen molar-refractivity contribution in [2.45, 2.75) is 45.0 Å². The minimum atomic E-state index is -0.619. The monoisotopic (exact) mass is 216 g/mol. The van der Waals surface area contributed by atoms with E-state index in [0.29, 0.717) is 0 Å². The Bertz CT molecular complexity index is 276. The molecule has 0 aromatic carbocycles. The molecule has 0 unspecified atom stereocenters. The van der Waals surface area contributed by atoms with E-state index in [2.05, 4.69) is 0 Å². The highest BCUT2D eigenvalue weighted by atomic mass is 32.2. The van der Waals surface area contributed by atoms with Crippen molar-refractivity contribution in [3.63, 3.8) is 0 Å². The summed E-state index contributed by atoms with van der Waals surface area (Å²) in [5, 5.41) is -0.0845. The van der Waals surface area contributed by atoms with E-state index in [1.807, 2.05) is 20.8 Å². The molecule has 0 spiro atoms. The molecule has 0 bridgehead atoms. The first-order valence-corrected chi connectivity index (χ1v) is 5.41. The van der Waals surface area contributed by atoms with Gasteiger partial charge in [-0.2, -0.15) is 0 Å². The van der Waals surface area contributed by atoms with Gasteiger partial charge in [0.05, 0.1) is 0 Å². The van der Waals surface area contributed by atoms with Crippen LogP contribution in [-0.2, 0) is 14.3 Å². The zero-order valence-electron chi connectivity index (χ0n) is 9.21. The number of esters is 1. The molecule has 1 atom stereocenters. The van der Waals surface area contributed by atoms with E-state index in [4.69, 9.17) is 4.74 Å². The minimum absolute atomic E-state index is 0.0845. The Morgan fingerprint density at radius 2 is 1.93 bits per heavy atom. The molecule has 0 N–H and O–H groups in total. The fraction of sp³-hybridized carbons (Fsp3) is 0.800. The van der Waals surface area contributed by atoms with Crippen LogP contribution in [0.3, 0.4) is 0 Å². The molecule has 1 heterocycles. The van der Waals surface area contributed by atoms with Crippen molar-refractivity contribution in [3.8, 4) is 0 Å². The minimum Gasteiger partial charge on any atom is -0.458 e. The fourth-order valence-corrected chi connectivity index (χ4v) is 2.45. The molecule has 0 radical (unpaired) electrons. The maximum Gasteiger partial charge on any atom is 0.322 e. The molecule has 3 nitrogen and oxygen atoms in total. The third-order valence-electron chi connectivity index (χ3n) is 1.94. The van der Waals surface area contributed by atoms with Crippen LogP contribution in [-0.4, -0.2) is 21.4 Å². The van der Waals surface area contributed by atoms with E-state index >= 15 is 0 Å². The Kier molecular flexibility index (Phi) is 2.69. The van der Waals surface area contributed by atoms with Gasteiger partial charge < -0.3 is 4.74 Å². The summed E-state index contributed by atoms with van der Waals surface area (Å²) in [6, 6.07) is 0. The summed E-state index contributed by atoms with van der Waals surface area (Å²) < 4.78 is 4.75. The van der Waals surface area contributed by atoms with Crippen LogP contribution >= 0.6 is 11.8 Å². The Balaban J connectivity index is 2.66. The molecule has 0 amide bonds. The molecule has 1 saturated heterocycles. The highest BCUT2D eigenvalue weighted by Crippen LogP contribution is 2.39. The third-order valence-corrected chi connectivity index (χ3v) is 2.99. The summed E-state index contributed by atoms with van der Waals surface area (Å²) in [7, 11) is 0. The van der Waals surface area contributed by atoms with Crippen LogP contribution in [0.4, 0.5) is 0 Å². The predicted octanol–water partition coefficient (Wildman–Crippen LogP) is 2.00. The number of hydrogen-bond donors (Lipinski definition) is 0. The molecule has 80 valence electrons. The van der Waals surface area contributed by atoms with Crippen LogP contribution in [0.15, 0.2) is 0 Å². The van der Waals surface area contributed by atoms with Crippen molar-refractivity contribution < 1.29 is 14.3 Å². The lowest BCUT2D eigenvalue weighted by atomic mass is 9.86. The number of ether oxygens (including phenoxy) is 1. The van der Waals surface area contributed by atoms with Crippen LogP contribution in [0.2, 0.25) is 0 Å². The molecular formula is C10H16O3S. The van der Waals surface area contributed by atoms with Gasteiger partial charge >= 0.3 is 5.97 Å². The van der Waals surface area contributed by atoms with E-state index < -0.39 is 17.5 Å². The molecule has 1 fully saturated rings. The summed E-state index contributed by atoms with van der Waals surface area (Å²) in [4.78, 5) is 22.8. The Hall–Kier alpha value is -0.510. The molecule has 1 aliphatic heterocycles. The van der Waals surface area contributed by atoms with Crippen molar-refractivity contribution in [2.24, 2.45) is 5.92 Å². The van der Waals surface area contributed by atoms with Gasteiger partial charge in [0, 0.05) is 4.75 Å². The van der Waals surface area contributed by atoms with Crippen molar-refractivity contribution in [3.05, 3.63) is 0 Å². The zero-order valence-corrected chi connectivity index (χ0v) is 10.0. The molecule has 1 aliphatic rings. The molecule has 0 aromatic heterocycles. The lowest BCUT2D eigenvalue weighted by Gasteiger charge is -2.41. The number of rotatable bonds is 1. The number of carbonyl (C=O) groups excluding carboxylic acids is 2. The van der Waals surface area contributed by atoms with Gasteiger partial charge in [0.1, 0.15) is 5.60 Å². The second kappa shape index (κ2) is 3.26. The first-order chi connectivity index (χ1) is 6.13. The summed E-state index contributed by atoms with van der Waals surface area (Å²) in [5.41, 5.74) is -0.619. The number of cyclic esters (lactones) is 1. The molecule has 4 heteroatoms. The summed E-state index contributed by atoms with van der Waals surface area (Å²) in [6.45, 7) is 9.38. The largest absolute Gasteiger partial charge is 0.458 e. The van der Waals surface area contributed by atoms with Gasteiger partial charge in [-0.1, -0.05) is 32.5 Å². The van der Waals surface area contributed by atoms with E-state index in [-0.39, 0.29) is 9.86 Å². The predicted molar refractivity (Wildman–Crippen MR) is 56.0 cm³/mol. The summed E-state index contributed by atoms with van der Waals surface area (Å²) in [5.74, 6) is -0.983. The summed E-state index contributed by atoms with van der Waals surface area (Å²) in [6.07, 6.45) is 0. The van der Waals surface area contributed by atoms with E-state index in [1.165, 1.54) is 11.8 Å². The van der Waals surface area contributed by atoms with Crippen LogP contribution in [0, 0.1) is 5.92 Å². The number of thioether (sulfide) groups is 1. The molecule has 1 rings (SSSR count). The van der Waals surface area contributed by atoms with Crippen LogP contribution < -0.4 is 0 Å². The second-order valence-corrected chi connectivity index (χ2v) is 6.82. The van der Waals surface area contributed by atoms with Crippen LogP contribution in [0.25, 0.3) is 0 Å². The van der Waals surface area contributed by atoms with E-state index in [1.54, 1.807) is 13.8 Å². The lowest BCUT2D eigenvalue weighted by molar-refractivity contribution is -0.201. The van der Waals surface area contributed by atoms with Gasteiger partial charge in [0.2, 0.25) is 5.12 Å². The van der Waals surface area contributed by atoms with E-state index in [0.717, 1.165) is 0 Å². The lowest BCUT2D eigenvalue weighted by Crippen LogP contribution is -2.56. The van der Waals surface area contributed by atoms with Gasteiger partial charge in [-0.25, -0.2) is 0 Å². The van der Waals surface area contributed by atoms with Crippen molar-refractivity contribution in [1.29, 1.82) is 0 Å². The molecule has 0 saturated carbocycles. The van der Waals surface area contributed by atoms with Gasteiger partial charge in [-0.15, -0.1) is 0 Å². The number of carbonyl (C=O) groups is 2. The van der Waals surface area contributed by atoms with Crippen molar-refractivity contribution in [2.75, 3.05) is 0 Å². The molecular weight excluding hydrogens is 200 g/mol. The Labute approximate surface area is 88.6 Å². The Morgan fingerprint density at radius 1 is 1.43 bits per heavy atom. The highest BCUT2D eigenvalue weighted by Gasteiger charge is 2.54. The molecule has 0 aromatic rings. The van der Waals surface area contributed by atoms with Gasteiger partial charge in [0.15, 0.2) is 5.92 Å². The second-order valence-electron chi connectivity index (χ2n) is 4.99. The van der Waals surface area contributed by atoms with Crippen molar-refractivity contribution >= 4 is 22.8 Å². The quantitative estimate of drug-likeness (QED) is 0.496. The molecule has 14 heavy (non-hydrogen) atoms. The smallest absolute Gasteiger partial charge is 0.322 e. The van der Waals surface area contributed by atoms with Gasteiger partial charge in [-0.05, 0) is 13.8 Å².